The lowest BCUT2D eigenvalue weighted by atomic mass is 9.95. The van der Waals surface area contributed by atoms with Crippen molar-refractivity contribution in [1.82, 2.24) is 9.13 Å². The number of unbranched alkanes of at least 4 members (excludes halogenated alkanes) is 20. The molecule has 0 amide bonds. The minimum Gasteiger partial charge on any atom is -0.358 e. The number of hydrogen-bond donors (Lipinski definition) is 0. The number of aryl methyl sites for hydroxylation is 2. The molecule has 6 aromatic rings. The normalized spacial score (nSPS) is 12.0. The van der Waals surface area contributed by atoms with E-state index in [4.69, 9.17) is 0 Å². The Balaban J connectivity index is 1.28. The molecule has 0 unspecified atom stereocenters. The lowest BCUT2D eigenvalue weighted by Gasteiger charge is -2.25. The summed E-state index contributed by atoms with van der Waals surface area (Å²) in [5.41, 5.74) is 2.69. The summed E-state index contributed by atoms with van der Waals surface area (Å²) >= 11 is 0. The summed E-state index contributed by atoms with van der Waals surface area (Å²) in [6, 6.07) is 24.5. The Morgan fingerprint density at radius 1 is 0.317 bits per heavy atom. The molecule has 2 heterocycles. The summed E-state index contributed by atoms with van der Waals surface area (Å²) in [6.45, 7) is 13.9. The van der Waals surface area contributed by atoms with Gasteiger partial charge in [0.2, 0.25) is 0 Å². The fraction of sp³-hybridized carbons (Fsp3) is 0.607. The monoisotopic (exact) mass is 813 g/mol. The van der Waals surface area contributed by atoms with Crippen molar-refractivity contribution in [3.05, 3.63) is 60.7 Å². The third-order valence-corrected chi connectivity index (χ3v) is 13.9. The number of nitrogens with zero attached hydrogens (tertiary/aromatic N) is 4. The van der Waals surface area contributed by atoms with Crippen molar-refractivity contribution in [3.63, 3.8) is 0 Å². The Labute approximate surface area is 366 Å². The average molecular weight is 813 g/mol. The molecule has 0 aliphatic carbocycles. The van der Waals surface area contributed by atoms with Crippen LogP contribution in [-0.4, -0.2) is 35.3 Å². The highest BCUT2D eigenvalue weighted by atomic mass is 15.2. The van der Waals surface area contributed by atoms with E-state index in [2.05, 4.69) is 121 Å². The molecule has 0 atom stereocenters. The molecule has 2 aromatic heterocycles. The zero-order valence-electron chi connectivity index (χ0n) is 39.4. The number of rotatable bonds is 30. The second kappa shape index (κ2) is 24.1. The van der Waals surface area contributed by atoms with E-state index in [1.807, 2.05) is 0 Å². The van der Waals surface area contributed by atoms with E-state index in [9.17, 15) is 0 Å². The van der Waals surface area contributed by atoms with Gasteiger partial charge >= 0.3 is 0 Å². The molecule has 4 nitrogen and oxygen atoms in total. The Morgan fingerprint density at radius 2 is 0.617 bits per heavy atom. The van der Waals surface area contributed by atoms with Crippen LogP contribution in [0.2, 0.25) is 0 Å². The largest absolute Gasteiger partial charge is 0.358 e. The highest BCUT2D eigenvalue weighted by Crippen LogP contribution is 2.38. The first-order chi connectivity index (χ1) is 29.5. The van der Waals surface area contributed by atoms with Gasteiger partial charge in [0.05, 0.1) is 11.0 Å². The van der Waals surface area contributed by atoms with E-state index < -0.39 is 0 Å². The summed E-state index contributed by atoms with van der Waals surface area (Å²) in [6.07, 6.45) is 32.3. The summed E-state index contributed by atoms with van der Waals surface area (Å²) < 4.78 is 4.97. The van der Waals surface area contributed by atoms with Crippen molar-refractivity contribution >= 4 is 65.8 Å². The van der Waals surface area contributed by atoms with Crippen LogP contribution in [0.25, 0.3) is 54.1 Å². The van der Waals surface area contributed by atoms with Crippen LogP contribution >= 0.6 is 0 Å². The van der Waals surface area contributed by atoms with Crippen molar-refractivity contribution < 1.29 is 0 Å². The van der Waals surface area contributed by atoms with Crippen LogP contribution in [0.3, 0.4) is 0 Å². The maximum atomic E-state index is 2.72. The first-order valence-electron chi connectivity index (χ1n) is 25.4. The molecular weight excluding hydrogens is 729 g/mol. The molecule has 0 N–H and O–H groups in total. The summed E-state index contributed by atoms with van der Waals surface area (Å²) in [7, 11) is 4.60. The average Bonchev–Trinajstić information content (AvgIpc) is 3.76. The fourth-order valence-corrected chi connectivity index (χ4v) is 10.1. The van der Waals surface area contributed by atoms with Gasteiger partial charge in [0.25, 0.3) is 0 Å². The van der Waals surface area contributed by atoms with Gasteiger partial charge in [-0.05, 0) is 94.4 Å². The highest BCUT2D eigenvalue weighted by molar-refractivity contribution is 6.20. The fourth-order valence-electron chi connectivity index (χ4n) is 10.1. The van der Waals surface area contributed by atoms with Gasteiger partial charge in [-0.15, -0.1) is 0 Å². The third-order valence-electron chi connectivity index (χ3n) is 13.9. The van der Waals surface area contributed by atoms with Crippen LogP contribution in [0, 0.1) is 0 Å². The second-order valence-electron chi connectivity index (χ2n) is 18.7. The molecule has 4 aromatic carbocycles. The Kier molecular flexibility index (Phi) is 18.4. The van der Waals surface area contributed by atoms with Crippen LogP contribution in [0.4, 0.5) is 11.6 Å². The van der Waals surface area contributed by atoms with Crippen LogP contribution in [0.1, 0.15) is 182 Å². The molecular formula is C56H84N4. The minimum absolute atomic E-state index is 1.16. The molecule has 0 saturated carbocycles. The van der Waals surface area contributed by atoms with Crippen molar-refractivity contribution in [1.29, 1.82) is 0 Å². The summed E-state index contributed by atoms with van der Waals surface area (Å²) in [5, 5.41) is 10.9. The molecule has 0 saturated heterocycles. The molecule has 0 aliphatic rings. The van der Waals surface area contributed by atoms with E-state index >= 15 is 0 Å². The Morgan fingerprint density at radius 3 is 0.933 bits per heavy atom. The molecule has 0 aliphatic heterocycles. The lowest BCUT2D eigenvalue weighted by molar-refractivity contribution is 0.570. The minimum atomic E-state index is 1.16. The zero-order chi connectivity index (χ0) is 42.1. The Hall–Kier alpha value is -3.66. The predicted molar refractivity (Wildman–Crippen MR) is 270 cm³/mol. The summed E-state index contributed by atoms with van der Waals surface area (Å²) in [5.74, 6) is 2.78. The van der Waals surface area contributed by atoms with Crippen molar-refractivity contribution in [2.45, 2.75) is 182 Å². The number of hydrogen-bond acceptors (Lipinski definition) is 2. The van der Waals surface area contributed by atoms with E-state index in [0.717, 1.165) is 26.2 Å². The molecule has 328 valence electrons. The predicted octanol–water partition coefficient (Wildman–Crippen LogP) is 17.2. The number of benzene rings is 4. The van der Waals surface area contributed by atoms with Gasteiger partial charge < -0.3 is 18.9 Å². The number of fused-ring (bicyclic) bond motifs is 7. The van der Waals surface area contributed by atoms with Crippen LogP contribution in [-0.2, 0) is 14.1 Å². The van der Waals surface area contributed by atoms with E-state index in [1.165, 1.54) is 220 Å². The van der Waals surface area contributed by atoms with Gasteiger partial charge in [0.15, 0.2) is 0 Å². The van der Waals surface area contributed by atoms with Gasteiger partial charge in [-0.2, -0.15) is 0 Å². The second-order valence-corrected chi connectivity index (χ2v) is 18.7. The standard InChI is InChI=1S/C56H84N4/c1-7-11-15-19-23-27-35-59(36-28-24-20-16-12-8-2)55-43-47-39-51-45(41-53(47)57(55)5)31-33-50-49(51)34-32-46-42-54-48(40-52(46)50)44-56(58(54)6)60(37-29-25-21-17-13-9-3)38-30-26-22-18-14-10-4/h31-34,39-44H,7-30,35-38H2,1-6H3. The Bertz CT molecular complexity index is 2000. The van der Waals surface area contributed by atoms with E-state index in [0.29, 0.717) is 0 Å². The van der Waals surface area contributed by atoms with Gasteiger partial charge in [-0.3, -0.25) is 0 Å². The zero-order valence-corrected chi connectivity index (χ0v) is 39.4. The topological polar surface area (TPSA) is 16.3 Å². The third kappa shape index (κ3) is 11.8. The molecule has 0 bridgehead atoms. The van der Waals surface area contributed by atoms with Gasteiger partial charge in [0.1, 0.15) is 11.6 Å². The smallest absolute Gasteiger partial charge is 0.109 e. The molecule has 6 rings (SSSR count). The van der Waals surface area contributed by atoms with Gasteiger partial charge in [-0.1, -0.05) is 180 Å². The first kappa shape index (κ1) is 45.9. The maximum Gasteiger partial charge on any atom is 0.109 e. The van der Waals surface area contributed by atoms with Crippen molar-refractivity contribution in [3.8, 4) is 0 Å². The van der Waals surface area contributed by atoms with Crippen molar-refractivity contribution in [2.24, 2.45) is 14.1 Å². The quantitative estimate of drug-likeness (QED) is 0.0333. The van der Waals surface area contributed by atoms with E-state index in [-0.39, 0.29) is 0 Å². The molecule has 0 spiro atoms. The van der Waals surface area contributed by atoms with E-state index in [1.54, 1.807) is 0 Å². The van der Waals surface area contributed by atoms with Gasteiger partial charge in [-0.25, -0.2) is 0 Å². The van der Waals surface area contributed by atoms with Crippen LogP contribution in [0.5, 0.6) is 0 Å². The molecule has 0 fully saturated rings. The van der Waals surface area contributed by atoms with Crippen LogP contribution < -0.4 is 9.80 Å². The molecule has 60 heavy (non-hydrogen) atoms. The first-order valence-corrected chi connectivity index (χ1v) is 25.4. The SMILES string of the molecule is CCCCCCCCN(CCCCCCCC)c1cc2cc3c(ccc4c5cc6cc(N(CCCCCCCC)CCCCCCCC)n(C)c6cc5ccc34)cc2n1C. The lowest BCUT2D eigenvalue weighted by Crippen LogP contribution is -2.27. The van der Waals surface area contributed by atoms with Gasteiger partial charge in [0, 0.05) is 51.0 Å². The molecule has 4 heteroatoms. The maximum absolute atomic E-state index is 2.72. The van der Waals surface area contributed by atoms with Crippen LogP contribution in [0.15, 0.2) is 60.7 Å². The number of anilines is 2. The summed E-state index contributed by atoms with van der Waals surface area (Å²) in [4.78, 5) is 5.44. The van der Waals surface area contributed by atoms with Crippen molar-refractivity contribution in [2.75, 3.05) is 36.0 Å². The molecule has 0 radical (unpaired) electrons. The highest BCUT2D eigenvalue weighted by Gasteiger charge is 2.18. The number of aromatic nitrogens is 2.